The van der Waals surface area contributed by atoms with E-state index < -0.39 is 32.9 Å². The fourth-order valence-corrected chi connectivity index (χ4v) is 5.27. The lowest BCUT2D eigenvalue weighted by Gasteiger charge is -2.37. The molecule has 0 aliphatic carbocycles. The predicted molar refractivity (Wildman–Crippen MR) is 140 cm³/mol. The standard InChI is InChI=1S/C24H31N5O5SSi/c1-24(2,3)36(4,5)31-12-15-17-18(34-23(35)33-17)21(32-15)29-20-16(19(25)26-13-27-20)28-22(29)30-11-14-9-7-6-8-10-14/h6-10,13,15,17-18,21H,11-12H2,1-5H3,(H2,25,26,27)/t15-,17-,18-,21-/m1/s1. The van der Waals surface area contributed by atoms with Gasteiger partial charge in [-0.3, -0.25) is 0 Å². The third kappa shape index (κ3) is 4.54. The Labute approximate surface area is 216 Å². The molecule has 0 saturated carbocycles. The molecule has 0 amide bonds. The first-order valence-electron chi connectivity index (χ1n) is 11.9. The van der Waals surface area contributed by atoms with Crippen molar-refractivity contribution in [3.63, 3.8) is 0 Å². The zero-order valence-electron chi connectivity index (χ0n) is 21.0. The maximum Gasteiger partial charge on any atom is 0.353 e. The van der Waals surface area contributed by atoms with Gasteiger partial charge in [-0.05, 0) is 23.7 Å². The summed E-state index contributed by atoms with van der Waals surface area (Å²) in [5.74, 6) is 0.245. The van der Waals surface area contributed by atoms with E-state index in [2.05, 4.69) is 48.8 Å². The Bertz CT molecular complexity index is 1270. The Morgan fingerprint density at radius 2 is 1.83 bits per heavy atom. The van der Waals surface area contributed by atoms with Crippen LogP contribution < -0.4 is 10.5 Å². The van der Waals surface area contributed by atoms with Crippen molar-refractivity contribution in [1.29, 1.82) is 0 Å². The van der Waals surface area contributed by atoms with Gasteiger partial charge in [0.2, 0.25) is 0 Å². The summed E-state index contributed by atoms with van der Waals surface area (Å²) in [7, 11) is -2.02. The molecule has 3 aromatic rings. The molecule has 2 aliphatic heterocycles. The maximum atomic E-state index is 6.50. The molecule has 192 valence electrons. The number of nitrogen functional groups attached to an aromatic ring is 1. The zero-order chi connectivity index (χ0) is 25.7. The van der Waals surface area contributed by atoms with Gasteiger partial charge in [0.1, 0.15) is 19.0 Å². The summed E-state index contributed by atoms with van der Waals surface area (Å²) in [6.45, 7) is 11.6. The molecule has 5 rings (SSSR count). The Balaban J connectivity index is 1.47. The molecule has 2 aliphatic rings. The predicted octanol–water partition coefficient (Wildman–Crippen LogP) is 3.98. The van der Waals surface area contributed by atoms with Crippen LogP contribution >= 0.6 is 12.2 Å². The summed E-state index contributed by atoms with van der Waals surface area (Å²) in [6.07, 6.45) is -0.663. The summed E-state index contributed by atoms with van der Waals surface area (Å²) < 4.78 is 32.6. The molecular formula is C24H31N5O5SSi. The van der Waals surface area contributed by atoms with Gasteiger partial charge in [-0.25, -0.2) is 14.5 Å². The highest BCUT2D eigenvalue weighted by molar-refractivity contribution is 7.79. The van der Waals surface area contributed by atoms with E-state index in [1.54, 1.807) is 4.57 Å². The average molecular weight is 530 g/mol. The number of aromatic nitrogens is 4. The zero-order valence-corrected chi connectivity index (χ0v) is 22.8. The molecule has 2 saturated heterocycles. The molecule has 2 fully saturated rings. The highest BCUT2D eigenvalue weighted by Gasteiger charge is 2.55. The van der Waals surface area contributed by atoms with Gasteiger partial charge in [0.05, 0.1) is 6.61 Å². The third-order valence-electron chi connectivity index (χ3n) is 7.10. The molecule has 2 N–H and O–H groups in total. The van der Waals surface area contributed by atoms with E-state index in [0.717, 1.165) is 5.56 Å². The molecule has 4 atom stereocenters. The van der Waals surface area contributed by atoms with E-state index in [9.17, 15) is 0 Å². The third-order valence-corrected chi connectivity index (χ3v) is 11.8. The summed E-state index contributed by atoms with van der Waals surface area (Å²) in [4.78, 5) is 13.1. The van der Waals surface area contributed by atoms with Crippen molar-refractivity contribution in [2.75, 3.05) is 12.3 Å². The van der Waals surface area contributed by atoms with Gasteiger partial charge in [0.15, 0.2) is 43.7 Å². The van der Waals surface area contributed by atoms with Crippen LogP contribution in [0, 0.1) is 0 Å². The highest BCUT2D eigenvalue weighted by atomic mass is 32.1. The summed E-state index contributed by atoms with van der Waals surface area (Å²) in [5.41, 5.74) is 8.00. The number of fused-ring (bicyclic) bond motifs is 2. The van der Waals surface area contributed by atoms with Gasteiger partial charge >= 0.3 is 11.2 Å². The lowest BCUT2D eigenvalue weighted by Crippen LogP contribution is -2.44. The Morgan fingerprint density at radius 1 is 1.11 bits per heavy atom. The smallest absolute Gasteiger partial charge is 0.353 e. The molecule has 36 heavy (non-hydrogen) atoms. The van der Waals surface area contributed by atoms with E-state index in [1.807, 2.05) is 30.3 Å². The van der Waals surface area contributed by atoms with E-state index in [1.165, 1.54) is 6.33 Å². The fraction of sp³-hybridized carbons (Fsp3) is 0.500. The second-order valence-corrected chi connectivity index (χ2v) is 15.7. The van der Waals surface area contributed by atoms with Crippen molar-refractivity contribution in [3.05, 3.63) is 42.2 Å². The number of benzene rings is 1. The van der Waals surface area contributed by atoms with Crippen LogP contribution in [0.4, 0.5) is 5.82 Å². The molecule has 1 aromatic carbocycles. The van der Waals surface area contributed by atoms with E-state index in [4.69, 9.17) is 41.3 Å². The van der Waals surface area contributed by atoms with Crippen molar-refractivity contribution in [3.8, 4) is 6.01 Å². The van der Waals surface area contributed by atoms with Crippen LogP contribution in [-0.2, 0) is 25.2 Å². The first kappa shape index (κ1) is 24.9. The number of ether oxygens (including phenoxy) is 4. The van der Waals surface area contributed by atoms with E-state index >= 15 is 0 Å². The van der Waals surface area contributed by atoms with Crippen LogP contribution in [0.25, 0.3) is 11.2 Å². The van der Waals surface area contributed by atoms with Gasteiger partial charge in [-0.15, -0.1) is 0 Å². The summed E-state index contributed by atoms with van der Waals surface area (Å²) >= 11 is 5.26. The quantitative estimate of drug-likeness (QED) is 0.356. The number of thiocarbonyl (C=S) groups is 1. The van der Waals surface area contributed by atoms with Crippen LogP contribution in [0.2, 0.25) is 18.1 Å². The fourth-order valence-electron chi connectivity index (χ4n) is 4.03. The normalized spacial score (nSPS) is 24.0. The van der Waals surface area contributed by atoms with E-state index in [-0.39, 0.29) is 22.1 Å². The van der Waals surface area contributed by atoms with Gasteiger partial charge in [0.25, 0.3) is 0 Å². The summed E-state index contributed by atoms with van der Waals surface area (Å²) in [6, 6.07) is 10.1. The topological polar surface area (TPSA) is 116 Å². The second-order valence-electron chi connectivity index (χ2n) is 10.5. The van der Waals surface area contributed by atoms with Gasteiger partial charge in [0, 0.05) is 12.2 Å². The number of imidazole rings is 1. The second kappa shape index (κ2) is 9.25. The minimum Gasteiger partial charge on any atom is -0.460 e. The molecule has 2 aromatic heterocycles. The lowest BCUT2D eigenvalue weighted by molar-refractivity contribution is -0.0611. The maximum absolute atomic E-state index is 6.50. The minimum atomic E-state index is -2.02. The largest absolute Gasteiger partial charge is 0.460 e. The SMILES string of the molecule is CC(C)(C)[Si](C)(C)OC[C@H]1O[C@@H](n2c(OCc3ccccc3)nc3c(N)ncnc32)[C@@H]2OC(=S)O[C@@H]21. The van der Waals surface area contributed by atoms with Crippen molar-refractivity contribution in [1.82, 2.24) is 19.5 Å². The highest BCUT2D eigenvalue weighted by Crippen LogP contribution is 2.43. The van der Waals surface area contributed by atoms with Gasteiger partial charge < -0.3 is 29.1 Å². The van der Waals surface area contributed by atoms with Crippen molar-refractivity contribution in [2.45, 2.75) is 70.1 Å². The van der Waals surface area contributed by atoms with Crippen molar-refractivity contribution >= 4 is 42.8 Å². The lowest BCUT2D eigenvalue weighted by atomic mass is 10.1. The Kier molecular flexibility index (Phi) is 6.39. The number of hydrogen-bond acceptors (Lipinski definition) is 10. The summed E-state index contributed by atoms with van der Waals surface area (Å²) in [5, 5.41) is 0.140. The molecule has 0 radical (unpaired) electrons. The molecular weight excluding hydrogens is 498 g/mol. The molecule has 12 heteroatoms. The molecule has 0 bridgehead atoms. The molecule has 4 heterocycles. The number of nitrogens with two attached hydrogens (primary N) is 1. The van der Waals surface area contributed by atoms with Crippen LogP contribution in [0.15, 0.2) is 36.7 Å². The molecule has 0 spiro atoms. The Hall–Kier alpha value is -2.80. The van der Waals surface area contributed by atoms with Gasteiger partial charge in [-0.1, -0.05) is 51.1 Å². The monoisotopic (exact) mass is 529 g/mol. The first-order valence-corrected chi connectivity index (χ1v) is 15.2. The van der Waals surface area contributed by atoms with Crippen molar-refractivity contribution in [2.24, 2.45) is 0 Å². The number of hydrogen-bond donors (Lipinski definition) is 1. The number of rotatable bonds is 7. The molecule has 0 unspecified atom stereocenters. The number of anilines is 1. The van der Waals surface area contributed by atoms with E-state index in [0.29, 0.717) is 24.4 Å². The van der Waals surface area contributed by atoms with Crippen LogP contribution in [0.5, 0.6) is 6.01 Å². The van der Waals surface area contributed by atoms with Crippen LogP contribution in [0.1, 0.15) is 32.6 Å². The number of nitrogens with zero attached hydrogens (tertiary/aromatic N) is 4. The van der Waals surface area contributed by atoms with Crippen LogP contribution in [-0.4, -0.2) is 58.0 Å². The van der Waals surface area contributed by atoms with Crippen molar-refractivity contribution < 1.29 is 23.4 Å². The minimum absolute atomic E-state index is 0.0557. The Morgan fingerprint density at radius 3 is 2.56 bits per heavy atom. The molecule has 10 nitrogen and oxygen atoms in total. The average Bonchev–Trinajstić information content (AvgIpc) is 3.48. The van der Waals surface area contributed by atoms with Crippen LogP contribution in [0.3, 0.4) is 0 Å². The first-order chi connectivity index (χ1) is 17.0. The van der Waals surface area contributed by atoms with Gasteiger partial charge in [-0.2, -0.15) is 4.98 Å².